The summed E-state index contributed by atoms with van der Waals surface area (Å²) in [6, 6.07) is 9.54. The number of thiazole rings is 1. The van der Waals surface area contributed by atoms with Crippen molar-refractivity contribution in [2.45, 2.75) is 50.6 Å². The quantitative estimate of drug-likeness (QED) is 0.474. The average molecular weight is 512 g/mol. The van der Waals surface area contributed by atoms with E-state index in [1.165, 1.54) is 35.6 Å². The zero-order valence-electron chi connectivity index (χ0n) is 17.7. The summed E-state index contributed by atoms with van der Waals surface area (Å²) in [6.45, 7) is 4.96. The van der Waals surface area contributed by atoms with Gasteiger partial charge in [-0.3, -0.25) is 4.79 Å². The molecule has 1 saturated heterocycles. The first kappa shape index (κ1) is 23.4. The number of carbonyl (C=O) groups is 1. The number of sulfonamides is 1. The van der Waals surface area contributed by atoms with Crippen molar-refractivity contribution in [2.75, 3.05) is 6.54 Å². The van der Waals surface area contributed by atoms with Gasteiger partial charge in [-0.15, -0.1) is 0 Å². The number of aryl methyl sites for hydroxylation is 1. The van der Waals surface area contributed by atoms with E-state index in [9.17, 15) is 13.2 Å². The van der Waals surface area contributed by atoms with E-state index >= 15 is 0 Å². The molecule has 32 heavy (non-hydrogen) atoms. The van der Waals surface area contributed by atoms with Gasteiger partial charge in [0.1, 0.15) is 0 Å². The fourth-order valence-electron chi connectivity index (χ4n) is 3.97. The molecule has 0 aliphatic carbocycles. The van der Waals surface area contributed by atoms with Crippen LogP contribution in [0.15, 0.2) is 46.3 Å². The SMILES string of the molecule is CCn1c(=NC(=O)c2ccc(S(=O)(=O)N3CCCCC3C)cc2)sc2ccc(Cl)c(Cl)c21. The lowest BCUT2D eigenvalue weighted by Crippen LogP contribution is -2.41. The lowest BCUT2D eigenvalue weighted by atomic mass is 10.1. The third-order valence-corrected chi connectivity index (χ3v) is 9.56. The minimum absolute atomic E-state index is 0.0252. The summed E-state index contributed by atoms with van der Waals surface area (Å²) < 4.78 is 30.3. The van der Waals surface area contributed by atoms with E-state index in [2.05, 4.69) is 4.99 Å². The number of carbonyl (C=O) groups excluding carboxylic acids is 1. The number of aromatic nitrogens is 1. The molecule has 1 fully saturated rings. The first-order valence-electron chi connectivity index (χ1n) is 10.4. The van der Waals surface area contributed by atoms with Gasteiger partial charge in [-0.1, -0.05) is 41.0 Å². The Morgan fingerprint density at radius 3 is 2.53 bits per heavy atom. The molecule has 2 heterocycles. The summed E-state index contributed by atoms with van der Waals surface area (Å²) >= 11 is 13.9. The second-order valence-electron chi connectivity index (χ2n) is 7.74. The Morgan fingerprint density at radius 2 is 1.88 bits per heavy atom. The second kappa shape index (κ2) is 9.27. The molecular formula is C22H23Cl2N3O3S2. The predicted molar refractivity (Wildman–Crippen MR) is 129 cm³/mol. The van der Waals surface area contributed by atoms with E-state index in [-0.39, 0.29) is 10.9 Å². The number of nitrogens with zero attached hydrogens (tertiary/aromatic N) is 3. The van der Waals surface area contributed by atoms with E-state index in [1.54, 1.807) is 10.4 Å². The second-order valence-corrected chi connectivity index (χ2v) is 11.4. The van der Waals surface area contributed by atoms with Gasteiger partial charge in [-0.05, 0) is 63.1 Å². The number of rotatable bonds is 4. The minimum Gasteiger partial charge on any atom is -0.315 e. The number of fused-ring (bicyclic) bond motifs is 1. The van der Waals surface area contributed by atoms with Crippen LogP contribution in [-0.2, 0) is 16.6 Å². The third-order valence-electron chi connectivity index (χ3n) is 5.70. The summed E-state index contributed by atoms with van der Waals surface area (Å²) in [6.07, 6.45) is 2.76. The average Bonchev–Trinajstić information content (AvgIpc) is 3.14. The summed E-state index contributed by atoms with van der Waals surface area (Å²) in [5.41, 5.74) is 1.06. The Hall–Kier alpha value is -1.71. The predicted octanol–water partition coefficient (Wildman–Crippen LogP) is 5.33. The van der Waals surface area contributed by atoms with Gasteiger partial charge in [0.2, 0.25) is 10.0 Å². The number of hydrogen-bond donors (Lipinski definition) is 0. The molecule has 3 aromatic rings. The molecule has 10 heteroatoms. The molecule has 0 spiro atoms. The molecule has 1 atom stereocenters. The van der Waals surface area contributed by atoms with Crippen LogP contribution in [0.25, 0.3) is 10.2 Å². The number of hydrogen-bond acceptors (Lipinski definition) is 4. The number of amides is 1. The minimum atomic E-state index is -3.59. The molecule has 6 nitrogen and oxygen atoms in total. The van der Waals surface area contributed by atoms with Crippen LogP contribution >= 0.6 is 34.5 Å². The van der Waals surface area contributed by atoms with Crippen LogP contribution in [0.5, 0.6) is 0 Å². The summed E-state index contributed by atoms with van der Waals surface area (Å²) in [4.78, 5) is 17.8. The fraction of sp³-hybridized carbons (Fsp3) is 0.364. The molecule has 0 radical (unpaired) electrons. The van der Waals surface area contributed by atoms with E-state index in [1.807, 2.05) is 24.5 Å². The molecule has 4 rings (SSSR count). The zero-order valence-corrected chi connectivity index (χ0v) is 20.9. The van der Waals surface area contributed by atoms with Crippen molar-refractivity contribution in [3.63, 3.8) is 0 Å². The van der Waals surface area contributed by atoms with E-state index in [0.29, 0.717) is 33.5 Å². The monoisotopic (exact) mass is 511 g/mol. The Balaban J connectivity index is 1.67. The highest BCUT2D eigenvalue weighted by molar-refractivity contribution is 7.89. The van der Waals surface area contributed by atoms with Crippen molar-refractivity contribution >= 4 is 60.7 Å². The lowest BCUT2D eigenvalue weighted by molar-refractivity contribution is 0.0997. The molecule has 1 aliphatic rings. The normalized spacial score (nSPS) is 18.4. The maximum atomic E-state index is 13.0. The van der Waals surface area contributed by atoms with Gasteiger partial charge < -0.3 is 4.57 Å². The summed E-state index contributed by atoms with van der Waals surface area (Å²) in [5.74, 6) is -0.448. The van der Waals surface area contributed by atoms with Crippen molar-refractivity contribution in [2.24, 2.45) is 4.99 Å². The van der Waals surface area contributed by atoms with Crippen LogP contribution in [0.3, 0.4) is 0 Å². The summed E-state index contributed by atoms with van der Waals surface area (Å²) in [5, 5.41) is 0.870. The van der Waals surface area contributed by atoms with Gasteiger partial charge in [0.15, 0.2) is 4.80 Å². The van der Waals surface area contributed by atoms with Gasteiger partial charge in [0.25, 0.3) is 5.91 Å². The van der Waals surface area contributed by atoms with Crippen molar-refractivity contribution in [1.29, 1.82) is 0 Å². The molecule has 1 unspecified atom stereocenters. The largest absolute Gasteiger partial charge is 0.315 e. The van der Waals surface area contributed by atoms with Crippen molar-refractivity contribution in [1.82, 2.24) is 8.87 Å². The van der Waals surface area contributed by atoms with E-state index in [4.69, 9.17) is 23.2 Å². The van der Waals surface area contributed by atoms with Crippen molar-refractivity contribution in [3.05, 3.63) is 56.8 Å². The highest BCUT2D eigenvalue weighted by Crippen LogP contribution is 2.32. The maximum Gasteiger partial charge on any atom is 0.279 e. The fourth-order valence-corrected chi connectivity index (χ4v) is 7.24. The van der Waals surface area contributed by atoms with Gasteiger partial charge >= 0.3 is 0 Å². The maximum absolute atomic E-state index is 13.0. The molecule has 0 N–H and O–H groups in total. The van der Waals surface area contributed by atoms with E-state index < -0.39 is 15.9 Å². The number of piperidine rings is 1. The first-order chi connectivity index (χ1) is 15.2. The molecule has 0 saturated carbocycles. The topological polar surface area (TPSA) is 71.7 Å². The number of benzene rings is 2. The summed E-state index contributed by atoms with van der Waals surface area (Å²) in [7, 11) is -3.59. The van der Waals surface area contributed by atoms with Crippen LogP contribution in [0.1, 0.15) is 43.5 Å². The van der Waals surface area contributed by atoms with Gasteiger partial charge in [-0.25, -0.2) is 8.42 Å². The standard InChI is InChI=1S/C22H23Cl2N3O3S2/c1-3-26-20-18(12-11-17(23)19(20)24)31-22(26)25-21(28)15-7-9-16(10-8-15)32(29,30)27-13-5-4-6-14(27)2/h7-12,14H,3-6,13H2,1-2H3. The molecular weight excluding hydrogens is 489 g/mol. The van der Waals surface area contributed by atoms with Crippen LogP contribution in [-0.4, -0.2) is 35.8 Å². The molecule has 1 aromatic heterocycles. The third kappa shape index (κ3) is 4.26. The highest BCUT2D eigenvalue weighted by Gasteiger charge is 2.30. The first-order valence-corrected chi connectivity index (χ1v) is 13.4. The van der Waals surface area contributed by atoms with Crippen molar-refractivity contribution in [3.8, 4) is 0 Å². The Labute approximate surface area is 201 Å². The van der Waals surface area contributed by atoms with E-state index in [0.717, 1.165) is 29.5 Å². The Kier molecular flexibility index (Phi) is 6.79. The van der Waals surface area contributed by atoms with Crippen LogP contribution in [0.4, 0.5) is 0 Å². The highest BCUT2D eigenvalue weighted by atomic mass is 35.5. The Morgan fingerprint density at radius 1 is 1.16 bits per heavy atom. The van der Waals surface area contributed by atoms with Crippen LogP contribution < -0.4 is 4.80 Å². The molecule has 2 aromatic carbocycles. The lowest BCUT2D eigenvalue weighted by Gasteiger charge is -2.32. The molecule has 1 aliphatic heterocycles. The van der Waals surface area contributed by atoms with Gasteiger partial charge in [0, 0.05) is 24.7 Å². The Bertz CT molecular complexity index is 1350. The van der Waals surface area contributed by atoms with Gasteiger partial charge in [-0.2, -0.15) is 9.30 Å². The molecule has 170 valence electrons. The van der Waals surface area contributed by atoms with Crippen LogP contribution in [0.2, 0.25) is 10.0 Å². The molecule has 0 bridgehead atoms. The number of halogens is 2. The zero-order chi connectivity index (χ0) is 23.0. The smallest absolute Gasteiger partial charge is 0.279 e. The van der Waals surface area contributed by atoms with Crippen LogP contribution in [0, 0.1) is 0 Å². The van der Waals surface area contributed by atoms with Gasteiger partial charge in [0.05, 0.1) is 25.2 Å². The van der Waals surface area contributed by atoms with Crippen molar-refractivity contribution < 1.29 is 13.2 Å². The molecule has 1 amide bonds.